The normalized spacial score (nSPS) is 11.7. The van der Waals surface area contributed by atoms with Crippen molar-refractivity contribution in [3.8, 4) is 5.88 Å². The van der Waals surface area contributed by atoms with Gasteiger partial charge in [0.15, 0.2) is 15.6 Å². The van der Waals surface area contributed by atoms with E-state index in [-0.39, 0.29) is 39.0 Å². The van der Waals surface area contributed by atoms with Crippen molar-refractivity contribution in [1.82, 2.24) is 14.3 Å². The lowest BCUT2D eigenvalue weighted by Crippen LogP contribution is -2.12. The molecule has 0 aliphatic heterocycles. The van der Waals surface area contributed by atoms with Crippen LogP contribution in [0.15, 0.2) is 41.7 Å². The monoisotopic (exact) mass is 407 g/mol. The Labute approximate surface area is 161 Å². The average molecular weight is 408 g/mol. The van der Waals surface area contributed by atoms with Crippen molar-refractivity contribution < 1.29 is 18.3 Å². The second-order valence-electron chi connectivity index (χ2n) is 6.33. The van der Waals surface area contributed by atoms with Gasteiger partial charge in [0.05, 0.1) is 22.0 Å². The lowest BCUT2D eigenvalue weighted by atomic mass is 10.00. The quantitative estimate of drug-likeness (QED) is 0.656. The van der Waals surface area contributed by atoms with Crippen LogP contribution in [0, 0.1) is 6.92 Å². The number of aromatic hydroxyl groups is 1. The maximum absolute atomic E-state index is 13.0. The van der Waals surface area contributed by atoms with E-state index in [4.69, 9.17) is 11.6 Å². The Kier molecular flexibility index (Phi) is 4.88. The minimum Gasteiger partial charge on any atom is -0.494 e. The minimum atomic E-state index is -3.57. The SMILES string of the molecule is Cc1cn(C)c(O)c1C(=O)c1ccc(S(C)(=O)=O)c(Cn2cccn2)c1Cl. The van der Waals surface area contributed by atoms with Crippen LogP contribution in [0.25, 0.3) is 0 Å². The summed E-state index contributed by atoms with van der Waals surface area (Å²) in [6.45, 7) is 1.80. The number of ketones is 1. The van der Waals surface area contributed by atoms with Crippen molar-refractivity contribution in [2.45, 2.75) is 18.4 Å². The second kappa shape index (κ2) is 6.86. The van der Waals surface area contributed by atoms with E-state index in [9.17, 15) is 18.3 Å². The van der Waals surface area contributed by atoms with Crippen LogP contribution in [0.5, 0.6) is 5.88 Å². The van der Waals surface area contributed by atoms with E-state index in [1.54, 1.807) is 38.6 Å². The van der Waals surface area contributed by atoms with Gasteiger partial charge in [0, 0.05) is 43.0 Å². The number of sulfone groups is 1. The van der Waals surface area contributed by atoms with E-state index in [0.717, 1.165) is 6.26 Å². The van der Waals surface area contributed by atoms with E-state index in [2.05, 4.69) is 5.10 Å². The summed E-state index contributed by atoms with van der Waals surface area (Å²) in [4.78, 5) is 13.0. The molecule has 2 aromatic heterocycles. The molecule has 0 fully saturated rings. The van der Waals surface area contributed by atoms with Crippen LogP contribution in [0.1, 0.15) is 27.0 Å². The number of aromatic nitrogens is 3. The molecule has 3 aromatic rings. The van der Waals surface area contributed by atoms with Crippen molar-refractivity contribution in [3.63, 3.8) is 0 Å². The third kappa shape index (κ3) is 3.50. The molecule has 0 aliphatic rings. The summed E-state index contributed by atoms with van der Waals surface area (Å²) in [7, 11) is -1.95. The average Bonchev–Trinajstić information content (AvgIpc) is 3.16. The Balaban J connectivity index is 2.19. The van der Waals surface area contributed by atoms with Crippen LogP contribution in [0.2, 0.25) is 5.02 Å². The molecule has 0 unspecified atom stereocenters. The Bertz CT molecular complexity index is 1130. The van der Waals surface area contributed by atoms with Crippen LogP contribution < -0.4 is 0 Å². The largest absolute Gasteiger partial charge is 0.494 e. The fourth-order valence-corrected chi connectivity index (χ4v) is 4.31. The third-order valence-electron chi connectivity index (χ3n) is 4.29. The molecule has 0 amide bonds. The third-order valence-corrected chi connectivity index (χ3v) is 5.90. The first kappa shape index (κ1) is 19.2. The lowest BCUT2D eigenvalue weighted by molar-refractivity contribution is 0.103. The molecule has 0 spiro atoms. The molecular formula is C18H18ClN3O4S. The van der Waals surface area contributed by atoms with Crippen LogP contribution in [0.3, 0.4) is 0 Å². The standard InChI is InChI=1S/C18H18ClN3O4S/c1-11-9-21(2)18(24)15(11)17(23)12-5-6-14(27(3,25)26)13(16(12)19)10-22-8-4-7-20-22/h4-9,24H,10H2,1-3H3. The fourth-order valence-electron chi connectivity index (χ4n) is 3.01. The Morgan fingerprint density at radius 1 is 1.33 bits per heavy atom. The molecule has 3 rings (SSSR count). The zero-order valence-corrected chi connectivity index (χ0v) is 16.5. The van der Waals surface area contributed by atoms with Gasteiger partial charge in [-0.1, -0.05) is 11.6 Å². The minimum absolute atomic E-state index is 0.0288. The number of hydrogen-bond acceptors (Lipinski definition) is 5. The van der Waals surface area contributed by atoms with Gasteiger partial charge in [0.1, 0.15) is 0 Å². The van der Waals surface area contributed by atoms with Gasteiger partial charge in [0.2, 0.25) is 5.88 Å². The zero-order valence-electron chi connectivity index (χ0n) is 15.0. The van der Waals surface area contributed by atoms with Crippen LogP contribution >= 0.6 is 11.6 Å². The number of carbonyl (C=O) groups is 1. The molecule has 0 atom stereocenters. The molecule has 2 heterocycles. The summed E-state index contributed by atoms with van der Waals surface area (Å²) in [6, 6.07) is 4.44. The number of halogens is 1. The van der Waals surface area contributed by atoms with Gasteiger partial charge in [-0.15, -0.1) is 0 Å². The number of carbonyl (C=O) groups excluding carboxylic acids is 1. The highest BCUT2D eigenvalue weighted by molar-refractivity contribution is 7.90. The van der Waals surface area contributed by atoms with Crippen molar-refractivity contribution >= 4 is 27.2 Å². The smallest absolute Gasteiger partial charge is 0.202 e. The van der Waals surface area contributed by atoms with Crippen molar-refractivity contribution in [3.05, 3.63) is 64.1 Å². The molecule has 9 heteroatoms. The summed E-state index contributed by atoms with van der Waals surface area (Å²) in [6.07, 6.45) is 5.95. The van der Waals surface area contributed by atoms with Crippen LogP contribution in [0.4, 0.5) is 0 Å². The van der Waals surface area contributed by atoms with Crippen molar-refractivity contribution in [1.29, 1.82) is 0 Å². The molecule has 1 aromatic carbocycles. The maximum Gasteiger partial charge on any atom is 0.202 e. The predicted molar refractivity (Wildman–Crippen MR) is 101 cm³/mol. The first-order valence-electron chi connectivity index (χ1n) is 7.99. The van der Waals surface area contributed by atoms with Gasteiger partial charge in [-0.2, -0.15) is 5.10 Å². The Morgan fingerprint density at radius 3 is 2.56 bits per heavy atom. The molecule has 142 valence electrons. The molecular weight excluding hydrogens is 390 g/mol. The van der Waals surface area contributed by atoms with Gasteiger partial charge >= 0.3 is 0 Å². The number of hydrogen-bond donors (Lipinski definition) is 1. The summed E-state index contributed by atoms with van der Waals surface area (Å²) in [5.41, 5.74) is 1.13. The molecule has 0 aliphatic carbocycles. The van der Waals surface area contributed by atoms with E-state index >= 15 is 0 Å². The molecule has 0 radical (unpaired) electrons. The molecule has 27 heavy (non-hydrogen) atoms. The van der Waals surface area contributed by atoms with Gasteiger partial charge in [-0.25, -0.2) is 8.42 Å². The number of rotatable bonds is 5. The first-order valence-corrected chi connectivity index (χ1v) is 10.3. The van der Waals surface area contributed by atoms with Gasteiger partial charge in [0.25, 0.3) is 0 Å². The highest BCUT2D eigenvalue weighted by Gasteiger charge is 2.26. The van der Waals surface area contributed by atoms with Gasteiger partial charge in [-0.3, -0.25) is 9.48 Å². The molecule has 7 nitrogen and oxygen atoms in total. The fraction of sp³-hybridized carbons (Fsp3) is 0.222. The molecule has 0 bridgehead atoms. The summed E-state index contributed by atoms with van der Waals surface area (Å²) < 4.78 is 27.3. The Hall–Kier alpha value is -2.58. The summed E-state index contributed by atoms with van der Waals surface area (Å²) >= 11 is 6.48. The molecule has 0 saturated heterocycles. The maximum atomic E-state index is 13.0. The van der Waals surface area contributed by atoms with E-state index in [1.165, 1.54) is 21.4 Å². The van der Waals surface area contributed by atoms with E-state index < -0.39 is 15.6 Å². The van der Waals surface area contributed by atoms with Crippen molar-refractivity contribution in [2.75, 3.05) is 6.26 Å². The van der Waals surface area contributed by atoms with E-state index in [1.807, 2.05) is 0 Å². The highest BCUT2D eigenvalue weighted by Crippen LogP contribution is 2.33. The first-order chi connectivity index (χ1) is 12.6. The zero-order chi connectivity index (χ0) is 19.9. The van der Waals surface area contributed by atoms with Crippen LogP contribution in [-0.2, 0) is 23.4 Å². The van der Waals surface area contributed by atoms with Gasteiger partial charge in [-0.05, 0) is 30.7 Å². The Morgan fingerprint density at radius 2 is 2.04 bits per heavy atom. The topological polar surface area (TPSA) is 94.2 Å². The number of nitrogens with zero attached hydrogens (tertiary/aromatic N) is 3. The molecule has 0 saturated carbocycles. The highest BCUT2D eigenvalue weighted by atomic mass is 35.5. The van der Waals surface area contributed by atoms with Crippen molar-refractivity contribution in [2.24, 2.45) is 7.05 Å². The second-order valence-corrected chi connectivity index (χ2v) is 8.69. The van der Waals surface area contributed by atoms with Crippen LogP contribution in [-0.4, -0.2) is 39.9 Å². The lowest BCUT2D eigenvalue weighted by Gasteiger charge is -2.14. The summed E-state index contributed by atoms with van der Waals surface area (Å²) in [5, 5.41) is 14.3. The predicted octanol–water partition coefficient (Wildman–Crippen LogP) is 2.57. The van der Waals surface area contributed by atoms with E-state index in [0.29, 0.717) is 5.56 Å². The summed E-state index contributed by atoms with van der Waals surface area (Å²) in [5.74, 6) is -0.647. The molecule has 1 N–H and O–H groups in total. The number of aryl methyl sites for hydroxylation is 2. The van der Waals surface area contributed by atoms with Gasteiger partial charge < -0.3 is 9.67 Å². The number of benzene rings is 1.